The lowest BCUT2D eigenvalue weighted by atomic mass is 10.3. The summed E-state index contributed by atoms with van der Waals surface area (Å²) in [6, 6.07) is 14.5. The fraction of sp³-hybridized carbons (Fsp3) is 0.350. The molecule has 2 aromatic rings. The van der Waals surface area contributed by atoms with Crippen LogP contribution in [-0.4, -0.2) is 44.3 Å². The van der Waals surface area contributed by atoms with Crippen molar-refractivity contribution < 1.29 is 19.0 Å². The zero-order valence-corrected chi connectivity index (χ0v) is 15.7. The molecule has 0 aliphatic carbocycles. The van der Waals surface area contributed by atoms with Crippen molar-refractivity contribution in [1.82, 2.24) is 4.90 Å². The van der Waals surface area contributed by atoms with Gasteiger partial charge in [0.1, 0.15) is 23.9 Å². The minimum absolute atomic E-state index is 0.0312. The number of hydrogen-bond acceptors (Lipinski definition) is 4. The molecule has 0 heterocycles. The van der Waals surface area contributed by atoms with Gasteiger partial charge in [0, 0.05) is 7.05 Å². The van der Waals surface area contributed by atoms with E-state index in [4.69, 9.17) is 14.2 Å². The third kappa shape index (κ3) is 5.88. The van der Waals surface area contributed by atoms with Gasteiger partial charge in [0.15, 0.2) is 0 Å². The van der Waals surface area contributed by atoms with Gasteiger partial charge in [-0.25, -0.2) is 4.79 Å². The van der Waals surface area contributed by atoms with Crippen molar-refractivity contribution in [2.45, 2.75) is 20.0 Å². The third-order valence-electron chi connectivity index (χ3n) is 3.59. The van der Waals surface area contributed by atoms with Gasteiger partial charge in [-0.2, -0.15) is 0 Å². The third-order valence-corrected chi connectivity index (χ3v) is 3.59. The van der Waals surface area contributed by atoms with Crippen LogP contribution in [0, 0.1) is 0 Å². The van der Waals surface area contributed by atoms with Gasteiger partial charge in [-0.15, -0.1) is 0 Å². The number of carbonyl (C=O) groups is 1. The van der Waals surface area contributed by atoms with E-state index in [2.05, 4.69) is 5.32 Å². The summed E-state index contributed by atoms with van der Waals surface area (Å²) in [6.45, 7) is 4.73. The first kappa shape index (κ1) is 19.4. The maximum Gasteiger partial charge on any atom is 0.321 e. The molecule has 0 spiro atoms. The minimum Gasteiger partial charge on any atom is -0.497 e. The van der Waals surface area contributed by atoms with Crippen molar-refractivity contribution in [2.75, 3.05) is 32.6 Å². The van der Waals surface area contributed by atoms with Crippen molar-refractivity contribution >= 4 is 11.7 Å². The van der Waals surface area contributed by atoms with E-state index in [0.717, 1.165) is 11.5 Å². The largest absolute Gasteiger partial charge is 0.497 e. The van der Waals surface area contributed by atoms with Crippen molar-refractivity contribution in [2.24, 2.45) is 0 Å². The van der Waals surface area contributed by atoms with Gasteiger partial charge in [-0.1, -0.05) is 12.1 Å². The van der Waals surface area contributed by atoms with Crippen LogP contribution in [0.25, 0.3) is 0 Å². The highest BCUT2D eigenvalue weighted by Crippen LogP contribution is 2.25. The van der Waals surface area contributed by atoms with Gasteiger partial charge in [0.25, 0.3) is 0 Å². The lowest BCUT2D eigenvalue weighted by molar-refractivity contribution is 0.207. The average molecular weight is 358 g/mol. The monoisotopic (exact) mass is 358 g/mol. The van der Waals surface area contributed by atoms with E-state index in [0.29, 0.717) is 24.6 Å². The van der Waals surface area contributed by atoms with Crippen LogP contribution in [0.4, 0.5) is 10.5 Å². The molecule has 0 fully saturated rings. The van der Waals surface area contributed by atoms with Gasteiger partial charge in [-0.05, 0) is 50.2 Å². The van der Waals surface area contributed by atoms with Crippen LogP contribution in [0.2, 0.25) is 0 Å². The van der Waals surface area contributed by atoms with Crippen molar-refractivity contribution in [3.63, 3.8) is 0 Å². The molecule has 2 rings (SSSR count). The lowest BCUT2D eigenvalue weighted by Gasteiger charge is -2.20. The number of likely N-dealkylation sites (N-methyl/N-ethyl adjacent to an activating group) is 1. The summed E-state index contributed by atoms with van der Waals surface area (Å²) in [7, 11) is 3.34. The molecule has 6 heteroatoms. The Morgan fingerprint density at radius 3 is 2.38 bits per heavy atom. The second kappa shape index (κ2) is 9.56. The topological polar surface area (TPSA) is 60.0 Å². The lowest BCUT2D eigenvalue weighted by Crippen LogP contribution is -2.34. The van der Waals surface area contributed by atoms with Crippen LogP contribution < -0.4 is 19.5 Å². The maximum absolute atomic E-state index is 12.4. The number of methoxy groups -OCH3 is 1. The van der Waals surface area contributed by atoms with E-state index < -0.39 is 0 Å². The molecule has 0 aromatic heterocycles. The van der Waals surface area contributed by atoms with Crippen LogP contribution >= 0.6 is 0 Å². The number of nitrogens with zero attached hydrogens (tertiary/aromatic N) is 1. The van der Waals surface area contributed by atoms with Crippen LogP contribution in [0.1, 0.15) is 13.8 Å². The van der Waals surface area contributed by atoms with E-state index in [9.17, 15) is 4.79 Å². The molecule has 140 valence electrons. The summed E-state index contributed by atoms with van der Waals surface area (Å²) in [5.41, 5.74) is 0.647. The summed E-state index contributed by atoms with van der Waals surface area (Å²) in [5.74, 6) is 2.16. The summed E-state index contributed by atoms with van der Waals surface area (Å²) in [5, 5.41) is 2.87. The predicted octanol–water partition coefficient (Wildman–Crippen LogP) is 4.03. The number of ether oxygens (including phenoxy) is 3. The van der Waals surface area contributed by atoms with Gasteiger partial charge in [0.2, 0.25) is 0 Å². The molecule has 0 aliphatic heterocycles. The molecular formula is C20H26N2O4. The Labute approximate surface area is 154 Å². The fourth-order valence-corrected chi connectivity index (χ4v) is 2.21. The number of amides is 2. The number of para-hydroxylation sites is 2. The van der Waals surface area contributed by atoms with Crippen molar-refractivity contribution in [3.8, 4) is 17.2 Å². The zero-order chi connectivity index (χ0) is 18.9. The van der Waals surface area contributed by atoms with Crippen LogP contribution in [0.5, 0.6) is 17.2 Å². The van der Waals surface area contributed by atoms with E-state index in [-0.39, 0.29) is 12.1 Å². The standard InChI is InChI=1S/C20H26N2O4/c1-15(2)26-19-8-6-5-7-18(19)21-20(23)22(3)13-14-25-17-11-9-16(24-4)10-12-17/h5-12,15H,13-14H2,1-4H3,(H,21,23). The summed E-state index contributed by atoms with van der Waals surface area (Å²) in [4.78, 5) is 13.9. The molecule has 0 radical (unpaired) electrons. The zero-order valence-electron chi connectivity index (χ0n) is 15.7. The summed E-state index contributed by atoms with van der Waals surface area (Å²) < 4.78 is 16.5. The van der Waals surface area contributed by atoms with E-state index >= 15 is 0 Å². The Hall–Kier alpha value is -2.89. The molecule has 0 aliphatic rings. The second-order valence-corrected chi connectivity index (χ2v) is 6.04. The molecule has 0 unspecified atom stereocenters. The van der Waals surface area contributed by atoms with Gasteiger partial charge in [0.05, 0.1) is 25.4 Å². The number of urea groups is 1. The predicted molar refractivity (Wildman–Crippen MR) is 102 cm³/mol. The Morgan fingerprint density at radius 2 is 1.73 bits per heavy atom. The number of hydrogen-bond donors (Lipinski definition) is 1. The molecule has 2 amide bonds. The first-order chi connectivity index (χ1) is 12.5. The molecule has 1 N–H and O–H groups in total. The Kier molecular flexibility index (Phi) is 7.14. The number of carbonyl (C=O) groups excluding carboxylic acids is 1. The number of rotatable bonds is 8. The van der Waals surface area contributed by atoms with Crippen LogP contribution in [-0.2, 0) is 0 Å². The molecular weight excluding hydrogens is 332 g/mol. The number of anilines is 1. The van der Waals surface area contributed by atoms with Crippen molar-refractivity contribution in [1.29, 1.82) is 0 Å². The molecule has 26 heavy (non-hydrogen) atoms. The Bertz CT molecular complexity index is 701. The Balaban J connectivity index is 1.83. The van der Waals surface area contributed by atoms with E-state index in [1.165, 1.54) is 0 Å². The minimum atomic E-state index is -0.219. The average Bonchev–Trinajstić information content (AvgIpc) is 2.63. The molecule has 0 saturated carbocycles. The summed E-state index contributed by atoms with van der Waals surface area (Å²) in [6.07, 6.45) is 0.0312. The maximum atomic E-state index is 12.4. The van der Waals surface area contributed by atoms with Gasteiger partial charge >= 0.3 is 6.03 Å². The van der Waals surface area contributed by atoms with Crippen LogP contribution in [0.3, 0.4) is 0 Å². The first-order valence-corrected chi connectivity index (χ1v) is 8.54. The second-order valence-electron chi connectivity index (χ2n) is 6.04. The highest BCUT2D eigenvalue weighted by atomic mass is 16.5. The van der Waals surface area contributed by atoms with E-state index in [1.54, 1.807) is 19.1 Å². The molecule has 2 aromatic carbocycles. The SMILES string of the molecule is COc1ccc(OCCN(C)C(=O)Nc2ccccc2OC(C)C)cc1. The van der Waals surface area contributed by atoms with Crippen molar-refractivity contribution in [3.05, 3.63) is 48.5 Å². The molecule has 0 bridgehead atoms. The van der Waals surface area contributed by atoms with Gasteiger partial charge < -0.3 is 24.4 Å². The van der Waals surface area contributed by atoms with Crippen LogP contribution in [0.15, 0.2) is 48.5 Å². The number of nitrogens with one attached hydrogen (secondary N) is 1. The molecule has 0 saturated heterocycles. The molecule has 6 nitrogen and oxygen atoms in total. The van der Waals surface area contributed by atoms with E-state index in [1.807, 2.05) is 62.4 Å². The smallest absolute Gasteiger partial charge is 0.321 e. The fourth-order valence-electron chi connectivity index (χ4n) is 2.21. The highest BCUT2D eigenvalue weighted by Gasteiger charge is 2.12. The Morgan fingerprint density at radius 1 is 1.08 bits per heavy atom. The molecule has 0 atom stereocenters. The normalized spacial score (nSPS) is 10.3. The first-order valence-electron chi connectivity index (χ1n) is 8.54. The highest BCUT2D eigenvalue weighted by molar-refractivity contribution is 5.90. The summed E-state index contributed by atoms with van der Waals surface area (Å²) >= 11 is 0. The van der Waals surface area contributed by atoms with Gasteiger partial charge in [-0.3, -0.25) is 0 Å². The number of benzene rings is 2. The quantitative estimate of drug-likeness (QED) is 0.774.